The van der Waals surface area contributed by atoms with Crippen molar-refractivity contribution in [3.63, 3.8) is 0 Å². The SMILES string of the molecule is O=c1ccc(-n2nc(-c3cccnc3)cc2C(F)(F)F)n[nH]1. The fraction of sp³-hybridized carbons (Fsp3) is 0.0769. The summed E-state index contributed by atoms with van der Waals surface area (Å²) in [5.41, 5.74) is -0.965. The van der Waals surface area contributed by atoms with Crippen molar-refractivity contribution in [3.8, 4) is 17.1 Å². The Labute approximate surface area is 121 Å². The van der Waals surface area contributed by atoms with Crippen molar-refractivity contribution in [2.75, 3.05) is 0 Å². The van der Waals surface area contributed by atoms with E-state index in [1.807, 2.05) is 0 Å². The number of alkyl halides is 3. The summed E-state index contributed by atoms with van der Waals surface area (Å²) in [5, 5.41) is 9.58. The Morgan fingerprint density at radius 2 is 2.00 bits per heavy atom. The fourth-order valence-electron chi connectivity index (χ4n) is 1.87. The van der Waals surface area contributed by atoms with Gasteiger partial charge < -0.3 is 0 Å². The van der Waals surface area contributed by atoms with Gasteiger partial charge in [-0.2, -0.15) is 23.4 Å². The van der Waals surface area contributed by atoms with E-state index < -0.39 is 17.4 Å². The number of nitrogens with one attached hydrogen (secondary N) is 1. The quantitative estimate of drug-likeness (QED) is 0.786. The predicted octanol–water partition coefficient (Wildman–Crippen LogP) is 2.04. The van der Waals surface area contributed by atoms with Crippen LogP contribution in [0.5, 0.6) is 0 Å². The summed E-state index contributed by atoms with van der Waals surface area (Å²) in [6.07, 6.45) is -1.70. The second-order valence-corrected chi connectivity index (χ2v) is 4.35. The van der Waals surface area contributed by atoms with Crippen LogP contribution in [-0.2, 0) is 6.18 Å². The largest absolute Gasteiger partial charge is 0.433 e. The van der Waals surface area contributed by atoms with Crippen LogP contribution in [0.1, 0.15) is 5.69 Å². The van der Waals surface area contributed by atoms with Gasteiger partial charge in [0.25, 0.3) is 5.56 Å². The summed E-state index contributed by atoms with van der Waals surface area (Å²) in [6.45, 7) is 0. The van der Waals surface area contributed by atoms with Crippen LogP contribution >= 0.6 is 0 Å². The van der Waals surface area contributed by atoms with Crippen molar-refractivity contribution in [1.82, 2.24) is 25.0 Å². The van der Waals surface area contributed by atoms with E-state index in [9.17, 15) is 18.0 Å². The lowest BCUT2D eigenvalue weighted by Gasteiger charge is -2.08. The maximum Gasteiger partial charge on any atom is 0.433 e. The van der Waals surface area contributed by atoms with Gasteiger partial charge in [-0.25, -0.2) is 9.78 Å². The van der Waals surface area contributed by atoms with E-state index in [2.05, 4.69) is 20.3 Å². The summed E-state index contributed by atoms with van der Waals surface area (Å²) in [6, 6.07) is 6.34. The molecule has 3 aromatic rings. The molecule has 0 fully saturated rings. The first-order chi connectivity index (χ1) is 10.4. The van der Waals surface area contributed by atoms with E-state index in [0.29, 0.717) is 10.2 Å². The van der Waals surface area contributed by atoms with Gasteiger partial charge in [-0.05, 0) is 24.3 Å². The summed E-state index contributed by atoms with van der Waals surface area (Å²) >= 11 is 0. The van der Waals surface area contributed by atoms with E-state index >= 15 is 0 Å². The molecule has 0 amide bonds. The summed E-state index contributed by atoms with van der Waals surface area (Å²) < 4.78 is 40.1. The highest BCUT2D eigenvalue weighted by molar-refractivity contribution is 5.58. The van der Waals surface area contributed by atoms with Crippen LogP contribution in [0.15, 0.2) is 47.5 Å². The second kappa shape index (κ2) is 5.10. The van der Waals surface area contributed by atoms with Gasteiger partial charge in [-0.3, -0.25) is 9.78 Å². The van der Waals surface area contributed by atoms with Crippen LogP contribution < -0.4 is 5.56 Å². The topological polar surface area (TPSA) is 76.5 Å². The maximum absolute atomic E-state index is 13.2. The van der Waals surface area contributed by atoms with Gasteiger partial charge in [0.05, 0.1) is 5.69 Å². The number of aromatic nitrogens is 5. The van der Waals surface area contributed by atoms with Crippen molar-refractivity contribution in [2.45, 2.75) is 6.18 Å². The molecule has 0 spiro atoms. The molecule has 0 unspecified atom stereocenters. The summed E-state index contributed by atoms with van der Waals surface area (Å²) in [5.74, 6) is -0.137. The highest BCUT2D eigenvalue weighted by Crippen LogP contribution is 2.33. The Balaban J connectivity index is 2.18. The number of nitrogens with zero attached hydrogens (tertiary/aromatic N) is 4. The highest BCUT2D eigenvalue weighted by atomic mass is 19.4. The molecule has 0 aliphatic rings. The molecule has 0 aliphatic heterocycles. The number of aromatic amines is 1. The smallest absolute Gasteiger partial charge is 0.268 e. The molecule has 3 rings (SSSR count). The number of hydrogen-bond donors (Lipinski definition) is 1. The Hall–Kier alpha value is -2.97. The minimum Gasteiger partial charge on any atom is -0.268 e. The Kier molecular flexibility index (Phi) is 3.24. The van der Waals surface area contributed by atoms with Crippen LogP contribution in [-0.4, -0.2) is 25.0 Å². The number of pyridine rings is 1. The lowest BCUT2D eigenvalue weighted by atomic mass is 10.2. The number of halogens is 3. The van der Waals surface area contributed by atoms with Gasteiger partial charge in [-0.15, -0.1) is 0 Å². The first-order valence-corrected chi connectivity index (χ1v) is 6.09. The third-order valence-electron chi connectivity index (χ3n) is 2.84. The molecule has 0 aliphatic carbocycles. The monoisotopic (exact) mass is 307 g/mol. The van der Waals surface area contributed by atoms with E-state index in [1.54, 1.807) is 12.1 Å². The zero-order chi connectivity index (χ0) is 15.7. The van der Waals surface area contributed by atoms with Gasteiger partial charge in [-0.1, -0.05) is 0 Å². The molecule has 6 nitrogen and oxygen atoms in total. The molecular formula is C13H8F3N5O. The van der Waals surface area contributed by atoms with Crippen molar-refractivity contribution in [2.24, 2.45) is 0 Å². The molecule has 3 heterocycles. The third-order valence-corrected chi connectivity index (χ3v) is 2.84. The van der Waals surface area contributed by atoms with Gasteiger partial charge in [0.2, 0.25) is 0 Å². The standard InChI is InChI=1S/C13H8F3N5O/c14-13(15,16)10-6-9(8-2-1-5-17-7-8)20-21(10)11-3-4-12(22)19-18-11/h1-7H,(H,19,22). The average Bonchev–Trinajstić information content (AvgIpc) is 2.94. The van der Waals surface area contributed by atoms with E-state index in [0.717, 1.165) is 18.2 Å². The molecule has 0 saturated heterocycles. The van der Waals surface area contributed by atoms with E-state index in [4.69, 9.17) is 0 Å². The number of hydrogen-bond acceptors (Lipinski definition) is 4. The van der Waals surface area contributed by atoms with Crippen LogP contribution in [0.3, 0.4) is 0 Å². The lowest BCUT2D eigenvalue weighted by Crippen LogP contribution is -2.16. The van der Waals surface area contributed by atoms with Crippen LogP contribution in [0, 0.1) is 0 Å². The minimum absolute atomic E-state index is 0.105. The molecule has 0 radical (unpaired) electrons. The van der Waals surface area contributed by atoms with Gasteiger partial charge in [0.15, 0.2) is 11.5 Å². The molecule has 22 heavy (non-hydrogen) atoms. The second-order valence-electron chi connectivity index (χ2n) is 4.35. The minimum atomic E-state index is -4.62. The zero-order valence-corrected chi connectivity index (χ0v) is 10.9. The third kappa shape index (κ3) is 2.60. The van der Waals surface area contributed by atoms with Gasteiger partial charge >= 0.3 is 6.18 Å². The Bertz CT molecular complexity index is 834. The molecule has 0 bridgehead atoms. The molecule has 9 heteroatoms. The summed E-state index contributed by atoms with van der Waals surface area (Å²) in [7, 11) is 0. The van der Waals surface area contributed by atoms with Crippen LogP contribution in [0.2, 0.25) is 0 Å². The maximum atomic E-state index is 13.2. The van der Waals surface area contributed by atoms with Crippen LogP contribution in [0.4, 0.5) is 13.2 Å². The molecule has 0 atom stereocenters. The summed E-state index contributed by atoms with van der Waals surface area (Å²) in [4.78, 5) is 14.8. The molecule has 0 aromatic carbocycles. The number of H-pyrrole nitrogens is 1. The normalized spacial score (nSPS) is 11.6. The Morgan fingerprint density at radius 1 is 1.18 bits per heavy atom. The first-order valence-electron chi connectivity index (χ1n) is 6.09. The first kappa shape index (κ1) is 14.0. The van der Waals surface area contributed by atoms with Crippen molar-refractivity contribution in [3.05, 3.63) is 58.8 Å². The lowest BCUT2D eigenvalue weighted by molar-refractivity contribution is -0.142. The van der Waals surface area contributed by atoms with E-state index in [1.165, 1.54) is 12.4 Å². The highest BCUT2D eigenvalue weighted by Gasteiger charge is 2.36. The molecular weight excluding hydrogens is 299 g/mol. The predicted molar refractivity (Wildman–Crippen MR) is 70.2 cm³/mol. The molecule has 3 aromatic heterocycles. The van der Waals surface area contributed by atoms with Crippen LogP contribution in [0.25, 0.3) is 17.1 Å². The molecule has 1 N–H and O–H groups in total. The Morgan fingerprint density at radius 3 is 2.59 bits per heavy atom. The van der Waals surface area contributed by atoms with Crippen molar-refractivity contribution >= 4 is 0 Å². The van der Waals surface area contributed by atoms with Gasteiger partial charge in [0, 0.05) is 24.0 Å². The van der Waals surface area contributed by atoms with Crippen molar-refractivity contribution in [1.29, 1.82) is 0 Å². The molecule has 0 saturated carbocycles. The van der Waals surface area contributed by atoms with E-state index in [-0.39, 0.29) is 11.5 Å². The average molecular weight is 307 g/mol. The fourth-order valence-corrected chi connectivity index (χ4v) is 1.87. The molecule has 112 valence electrons. The zero-order valence-electron chi connectivity index (χ0n) is 10.9. The van der Waals surface area contributed by atoms with Gasteiger partial charge in [0.1, 0.15) is 0 Å². The van der Waals surface area contributed by atoms with Crippen molar-refractivity contribution < 1.29 is 13.2 Å². The number of rotatable bonds is 2.